The molecule has 158 valence electrons. The van der Waals surface area contributed by atoms with Gasteiger partial charge in [-0.2, -0.15) is 0 Å². The third-order valence-corrected chi connectivity index (χ3v) is 5.37. The highest BCUT2D eigenvalue weighted by Crippen LogP contribution is 2.33. The Kier molecular flexibility index (Phi) is 5.42. The van der Waals surface area contributed by atoms with E-state index in [4.69, 9.17) is 4.74 Å². The number of hydrogen-bond acceptors (Lipinski definition) is 3. The van der Waals surface area contributed by atoms with Gasteiger partial charge in [-0.05, 0) is 59.7 Å². The molecule has 1 N–H and O–H groups in total. The van der Waals surface area contributed by atoms with Gasteiger partial charge in [0, 0.05) is 18.7 Å². The van der Waals surface area contributed by atoms with E-state index in [0.717, 1.165) is 11.1 Å². The van der Waals surface area contributed by atoms with Gasteiger partial charge in [0.2, 0.25) is 0 Å². The lowest BCUT2D eigenvalue weighted by molar-refractivity contribution is -0.161. The molecule has 31 heavy (non-hydrogen) atoms. The number of halogens is 2. The minimum absolute atomic E-state index is 0.00616. The largest absolute Gasteiger partial charge is 0.492 e. The second kappa shape index (κ2) is 8.18. The van der Waals surface area contributed by atoms with Crippen LogP contribution in [0.4, 0.5) is 8.78 Å². The zero-order valence-corrected chi connectivity index (χ0v) is 16.4. The van der Waals surface area contributed by atoms with E-state index in [9.17, 15) is 23.5 Å². The van der Waals surface area contributed by atoms with Crippen molar-refractivity contribution in [2.75, 3.05) is 19.7 Å². The lowest BCUT2D eigenvalue weighted by atomic mass is 9.80. The number of benzene rings is 3. The molecule has 1 saturated heterocycles. The summed E-state index contributed by atoms with van der Waals surface area (Å²) in [6.45, 7) is -0.0795. The molecule has 0 aliphatic carbocycles. The average molecular weight is 423 g/mol. The Balaban J connectivity index is 1.38. The minimum Gasteiger partial charge on any atom is -0.492 e. The molecule has 1 aliphatic rings. The molecule has 7 heteroatoms. The van der Waals surface area contributed by atoms with E-state index in [1.165, 1.54) is 41.3 Å². The van der Waals surface area contributed by atoms with Gasteiger partial charge in [-0.25, -0.2) is 8.78 Å². The molecule has 0 saturated carbocycles. The highest BCUT2D eigenvalue weighted by molar-refractivity contribution is 5.96. The summed E-state index contributed by atoms with van der Waals surface area (Å²) in [6.07, 6.45) is 0. The van der Waals surface area contributed by atoms with Crippen LogP contribution in [0.2, 0.25) is 0 Å². The fourth-order valence-corrected chi connectivity index (χ4v) is 3.50. The van der Waals surface area contributed by atoms with Crippen molar-refractivity contribution in [1.29, 1.82) is 0 Å². The number of hydrogen-bond donors (Lipinski definition) is 1. The number of carboxylic acid groups (broad SMARTS) is 1. The number of likely N-dealkylation sites (tertiary alicyclic amines) is 1. The normalized spacial score (nSPS) is 14.6. The predicted molar refractivity (Wildman–Crippen MR) is 110 cm³/mol. The van der Waals surface area contributed by atoms with Crippen LogP contribution in [0.25, 0.3) is 11.1 Å². The fourth-order valence-electron chi connectivity index (χ4n) is 3.50. The van der Waals surface area contributed by atoms with E-state index in [-0.39, 0.29) is 31.4 Å². The fraction of sp³-hybridized carbons (Fsp3) is 0.167. The van der Waals surface area contributed by atoms with Crippen molar-refractivity contribution in [2.45, 2.75) is 0 Å². The van der Waals surface area contributed by atoms with Crippen molar-refractivity contribution in [1.82, 2.24) is 4.90 Å². The van der Waals surface area contributed by atoms with Crippen LogP contribution >= 0.6 is 0 Å². The molecule has 0 bridgehead atoms. The molecule has 5 nitrogen and oxygen atoms in total. The van der Waals surface area contributed by atoms with E-state index >= 15 is 0 Å². The van der Waals surface area contributed by atoms with Crippen LogP contribution in [0.1, 0.15) is 10.4 Å². The van der Waals surface area contributed by atoms with Crippen molar-refractivity contribution in [2.24, 2.45) is 5.41 Å². The van der Waals surface area contributed by atoms with Crippen LogP contribution in [0.3, 0.4) is 0 Å². The summed E-state index contributed by atoms with van der Waals surface area (Å²) in [7, 11) is 0. The molecule has 1 amide bonds. The summed E-state index contributed by atoms with van der Waals surface area (Å²) in [5.74, 6) is -1.65. The first kappa shape index (κ1) is 20.5. The molecule has 4 rings (SSSR count). The number of carbonyl (C=O) groups is 2. The summed E-state index contributed by atoms with van der Waals surface area (Å²) in [6, 6.07) is 18.3. The monoisotopic (exact) mass is 423 g/mol. The molecule has 3 aromatic carbocycles. The third kappa shape index (κ3) is 4.26. The number of aliphatic carboxylic acids is 1. The minimum atomic E-state index is -1.20. The number of amides is 1. The topological polar surface area (TPSA) is 66.8 Å². The van der Waals surface area contributed by atoms with Gasteiger partial charge < -0.3 is 14.7 Å². The Hall–Kier alpha value is -3.74. The number of nitrogens with zero attached hydrogens (tertiary/aromatic N) is 1. The van der Waals surface area contributed by atoms with Crippen LogP contribution in [-0.4, -0.2) is 41.6 Å². The Morgan fingerprint density at radius 2 is 1.32 bits per heavy atom. The van der Waals surface area contributed by atoms with Crippen LogP contribution in [0, 0.1) is 17.0 Å². The molecule has 1 fully saturated rings. The van der Waals surface area contributed by atoms with E-state index < -0.39 is 17.2 Å². The van der Waals surface area contributed by atoms with Crippen molar-refractivity contribution in [3.8, 4) is 16.9 Å². The van der Waals surface area contributed by atoms with Crippen LogP contribution in [0.15, 0.2) is 72.8 Å². The Labute approximate surface area is 177 Å². The lowest BCUT2D eigenvalue weighted by Crippen LogP contribution is -2.64. The average Bonchev–Trinajstić information content (AvgIpc) is 2.74. The van der Waals surface area contributed by atoms with E-state index in [0.29, 0.717) is 11.3 Å². The quantitative estimate of drug-likeness (QED) is 0.644. The molecule has 0 atom stereocenters. The second-order valence-electron chi connectivity index (χ2n) is 7.57. The van der Waals surface area contributed by atoms with Gasteiger partial charge in [-0.15, -0.1) is 0 Å². The van der Waals surface area contributed by atoms with E-state index in [2.05, 4.69) is 0 Å². The lowest BCUT2D eigenvalue weighted by Gasteiger charge is -2.46. The summed E-state index contributed by atoms with van der Waals surface area (Å²) in [5.41, 5.74) is 0.826. The van der Waals surface area contributed by atoms with Gasteiger partial charge in [-0.1, -0.05) is 24.3 Å². The van der Waals surface area contributed by atoms with E-state index in [1.807, 2.05) is 0 Å². The standard InChI is InChI=1S/C24H19F2NO4/c25-19-7-1-16(2-8-19)17-5-11-21(12-6-17)31-15-24(23(29)30)13-27(14-24)22(28)18-3-9-20(26)10-4-18/h1-12H,13-15H2,(H,29,30). The number of carboxylic acids is 1. The third-order valence-electron chi connectivity index (χ3n) is 5.37. The SMILES string of the molecule is O=C(c1ccc(F)cc1)N1CC(COc2ccc(-c3ccc(F)cc3)cc2)(C(=O)O)C1. The molecule has 0 aromatic heterocycles. The van der Waals surface area contributed by atoms with Crippen molar-refractivity contribution >= 4 is 11.9 Å². The number of carbonyl (C=O) groups excluding carboxylic acids is 1. The first-order valence-corrected chi connectivity index (χ1v) is 9.63. The molecular weight excluding hydrogens is 404 g/mol. The van der Waals surface area contributed by atoms with Gasteiger partial charge in [0.15, 0.2) is 0 Å². The second-order valence-corrected chi connectivity index (χ2v) is 7.57. The summed E-state index contributed by atoms with van der Waals surface area (Å²) in [4.78, 5) is 25.7. The number of ether oxygens (including phenoxy) is 1. The Morgan fingerprint density at radius 3 is 1.84 bits per heavy atom. The Morgan fingerprint density at radius 1 is 0.839 bits per heavy atom. The maximum absolute atomic E-state index is 13.1. The van der Waals surface area contributed by atoms with Crippen LogP contribution < -0.4 is 4.74 Å². The highest BCUT2D eigenvalue weighted by atomic mass is 19.1. The molecule has 0 spiro atoms. The van der Waals surface area contributed by atoms with Crippen LogP contribution in [-0.2, 0) is 4.79 Å². The molecule has 3 aromatic rings. The van der Waals surface area contributed by atoms with Gasteiger partial charge in [0.1, 0.15) is 29.4 Å². The smallest absolute Gasteiger partial charge is 0.316 e. The zero-order valence-electron chi connectivity index (χ0n) is 16.4. The molecule has 0 unspecified atom stereocenters. The van der Waals surface area contributed by atoms with Gasteiger partial charge >= 0.3 is 5.97 Å². The maximum Gasteiger partial charge on any atom is 0.316 e. The number of rotatable bonds is 6. The summed E-state index contributed by atoms with van der Waals surface area (Å²) in [5, 5.41) is 9.69. The van der Waals surface area contributed by atoms with Crippen molar-refractivity contribution < 1.29 is 28.2 Å². The molecule has 1 aliphatic heterocycles. The predicted octanol–water partition coefficient (Wildman–Crippen LogP) is 4.24. The summed E-state index contributed by atoms with van der Waals surface area (Å²) < 4.78 is 31.8. The van der Waals surface area contributed by atoms with Gasteiger partial charge in [-0.3, -0.25) is 9.59 Å². The van der Waals surface area contributed by atoms with Crippen LogP contribution in [0.5, 0.6) is 5.75 Å². The van der Waals surface area contributed by atoms with E-state index in [1.54, 1.807) is 36.4 Å². The molecule has 1 heterocycles. The first-order chi connectivity index (χ1) is 14.9. The zero-order chi connectivity index (χ0) is 22.0. The Bertz CT molecular complexity index is 1090. The van der Waals surface area contributed by atoms with Gasteiger partial charge in [0.05, 0.1) is 0 Å². The van der Waals surface area contributed by atoms with Crippen molar-refractivity contribution in [3.05, 3.63) is 90.0 Å². The molecule has 0 radical (unpaired) electrons. The van der Waals surface area contributed by atoms with Crippen molar-refractivity contribution in [3.63, 3.8) is 0 Å². The van der Waals surface area contributed by atoms with Gasteiger partial charge in [0.25, 0.3) is 5.91 Å². The first-order valence-electron chi connectivity index (χ1n) is 9.63. The maximum atomic E-state index is 13.1. The molecular formula is C24H19F2NO4. The highest BCUT2D eigenvalue weighted by Gasteiger charge is 2.52. The summed E-state index contributed by atoms with van der Waals surface area (Å²) >= 11 is 0.